The van der Waals surface area contributed by atoms with Crippen molar-refractivity contribution >= 4 is 34.9 Å². The van der Waals surface area contributed by atoms with Crippen LogP contribution in [0.5, 0.6) is 0 Å². The fourth-order valence-electron chi connectivity index (χ4n) is 4.60. The lowest BCUT2D eigenvalue weighted by Crippen LogP contribution is -2.56. The van der Waals surface area contributed by atoms with E-state index in [2.05, 4.69) is 4.90 Å². The van der Waals surface area contributed by atoms with Crippen molar-refractivity contribution in [1.29, 1.82) is 0 Å². The Hall–Kier alpha value is -1.72. The summed E-state index contributed by atoms with van der Waals surface area (Å²) >= 11 is 5.90. The van der Waals surface area contributed by atoms with E-state index >= 15 is 0 Å². The normalized spacial score (nSPS) is 30.7. The van der Waals surface area contributed by atoms with Crippen LogP contribution < -0.4 is 4.90 Å². The summed E-state index contributed by atoms with van der Waals surface area (Å²) in [4.78, 5) is 41.2. The van der Waals surface area contributed by atoms with Crippen LogP contribution in [0.1, 0.15) is 38.5 Å². The molecule has 4 rings (SSSR count). The van der Waals surface area contributed by atoms with Crippen LogP contribution in [-0.4, -0.2) is 41.1 Å². The molecule has 0 bridgehead atoms. The fraction of sp³-hybridized carbons (Fsp3) is 0.526. The topological polar surface area (TPSA) is 57.7 Å². The Balaban J connectivity index is 1.59. The van der Waals surface area contributed by atoms with Gasteiger partial charge in [-0.3, -0.25) is 19.3 Å². The lowest BCUT2D eigenvalue weighted by atomic mass is 9.77. The monoisotopic (exact) mass is 360 g/mol. The average molecular weight is 361 g/mol. The standard InChI is InChI=1S/C19H21ClN2O3/c20-12-5-7-13(8-6-12)22-18(24)11-16(19(22)25)21-10-9-17(23)14-3-1-2-4-15(14)21/h5-8,14-16H,1-4,9-11H2/t14-,15-,16?/m1/s1. The van der Waals surface area contributed by atoms with Gasteiger partial charge in [-0.25, -0.2) is 4.90 Å². The molecule has 0 aromatic heterocycles. The molecule has 3 atom stereocenters. The molecule has 0 N–H and O–H groups in total. The van der Waals surface area contributed by atoms with Gasteiger partial charge in [0.25, 0.3) is 5.91 Å². The first-order chi connectivity index (χ1) is 12.1. The Kier molecular flexibility index (Phi) is 4.38. The minimum absolute atomic E-state index is 0.0370. The maximum absolute atomic E-state index is 13.0. The third-order valence-electron chi connectivity index (χ3n) is 5.79. The molecule has 3 fully saturated rings. The molecule has 6 heteroatoms. The van der Waals surface area contributed by atoms with Crippen molar-refractivity contribution in [2.75, 3.05) is 11.4 Å². The summed E-state index contributed by atoms with van der Waals surface area (Å²) in [5.74, 6) is 0.00911. The lowest BCUT2D eigenvalue weighted by molar-refractivity contribution is -0.136. The Morgan fingerprint density at radius 1 is 1.00 bits per heavy atom. The van der Waals surface area contributed by atoms with Gasteiger partial charge in [0.2, 0.25) is 5.91 Å². The molecule has 1 aromatic rings. The number of hydrogen-bond donors (Lipinski definition) is 0. The summed E-state index contributed by atoms with van der Waals surface area (Å²) in [6, 6.07) is 6.43. The molecule has 3 aliphatic rings. The predicted molar refractivity (Wildman–Crippen MR) is 94.4 cm³/mol. The average Bonchev–Trinajstić information content (AvgIpc) is 2.91. The smallest absolute Gasteiger partial charge is 0.251 e. The number of Topliss-reactive ketones (excluding diaryl/α,β-unsaturated/α-hetero) is 1. The van der Waals surface area contributed by atoms with E-state index in [1.165, 1.54) is 4.90 Å². The summed E-state index contributed by atoms with van der Waals surface area (Å²) in [7, 11) is 0. The molecule has 1 saturated carbocycles. The fourth-order valence-corrected chi connectivity index (χ4v) is 4.72. The zero-order chi connectivity index (χ0) is 17.6. The third kappa shape index (κ3) is 2.89. The van der Waals surface area contributed by atoms with Gasteiger partial charge in [-0.05, 0) is 37.1 Å². The molecule has 2 aliphatic heterocycles. The number of ketones is 1. The minimum Gasteiger partial charge on any atom is -0.299 e. The summed E-state index contributed by atoms with van der Waals surface area (Å²) in [6.07, 6.45) is 4.69. The Morgan fingerprint density at radius 3 is 2.48 bits per heavy atom. The van der Waals surface area contributed by atoms with Crippen LogP contribution in [0.15, 0.2) is 24.3 Å². The van der Waals surface area contributed by atoms with Crippen LogP contribution in [0, 0.1) is 5.92 Å². The number of halogens is 1. The van der Waals surface area contributed by atoms with E-state index in [-0.39, 0.29) is 30.2 Å². The van der Waals surface area contributed by atoms with Gasteiger partial charge in [-0.2, -0.15) is 0 Å². The van der Waals surface area contributed by atoms with Crippen LogP contribution in [0.3, 0.4) is 0 Å². The molecule has 2 saturated heterocycles. The molecular formula is C19H21ClN2O3. The van der Waals surface area contributed by atoms with Crippen LogP contribution in [0.4, 0.5) is 5.69 Å². The van der Waals surface area contributed by atoms with Crippen LogP contribution in [0.2, 0.25) is 5.02 Å². The maximum atomic E-state index is 13.0. The predicted octanol–water partition coefficient (Wildman–Crippen LogP) is 2.81. The van der Waals surface area contributed by atoms with Crippen molar-refractivity contribution in [3.8, 4) is 0 Å². The van der Waals surface area contributed by atoms with Crippen molar-refractivity contribution < 1.29 is 14.4 Å². The maximum Gasteiger partial charge on any atom is 0.251 e. The highest BCUT2D eigenvalue weighted by atomic mass is 35.5. The second-order valence-corrected chi connectivity index (χ2v) is 7.61. The summed E-state index contributed by atoms with van der Waals surface area (Å²) in [6.45, 7) is 0.581. The van der Waals surface area contributed by atoms with E-state index in [1.54, 1.807) is 24.3 Å². The Morgan fingerprint density at radius 2 is 1.72 bits per heavy atom. The molecule has 5 nitrogen and oxygen atoms in total. The van der Waals surface area contributed by atoms with E-state index in [4.69, 9.17) is 11.6 Å². The number of carbonyl (C=O) groups excluding carboxylic acids is 3. The third-order valence-corrected chi connectivity index (χ3v) is 6.05. The molecule has 1 unspecified atom stereocenters. The quantitative estimate of drug-likeness (QED) is 0.761. The molecule has 1 aromatic carbocycles. The van der Waals surface area contributed by atoms with Crippen molar-refractivity contribution in [1.82, 2.24) is 4.90 Å². The van der Waals surface area contributed by atoms with E-state index in [0.29, 0.717) is 29.5 Å². The van der Waals surface area contributed by atoms with Crippen LogP contribution >= 0.6 is 11.6 Å². The number of rotatable bonds is 2. The number of benzene rings is 1. The van der Waals surface area contributed by atoms with Gasteiger partial charge < -0.3 is 0 Å². The number of piperidine rings is 1. The molecule has 1 aliphatic carbocycles. The molecule has 2 heterocycles. The summed E-state index contributed by atoms with van der Waals surface area (Å²) in [5.41, 5.74) is 0.565. The minimum atomic E-state index is -0.443. The van der Waals surface area contributed by atoms with Crippen molar-refractivity contribution in [3.63, 3.8) is 0 Å². The van der Waals surface area contributed by atoms with Crippen molar-refractivity contribution in [3.05, 3.63) is 29.3 Å². The van der Waals surface area contributed by atoms with E-state index in [1.807, 2.05) is 0 Å². The second kappa shape index (κ2) is 6.54. The number of carbonyl (C=O) groups is 3. The van der Waals surface area contributed by atoms with E-state index < -0.39 is 6.04 Å². The highest BCUT2D eigenvalue weighted by Crippen LogP contribution is 2.37. The molecular weight excluding hydrogens is 340 g/mol. The van der Waals surface area contributed by atoms with Gasteiger partial charge in [0, 0.05) is 29.9 Å². The highest BCUT2D eigenvalue weighted by molar-refractivity contribution is 6.30. The van der Waals surface area contributed by atoms with Crippen molar-refractivity contribution in [2.45, 2.75) is 50.6 Å². The van der Waals surface area contributed by atoms with E-state index in [9.17, 15) is 14.4 Å². The lowest BCUT2D eigenvalue weighted by Gasteiger charge is -2.45. The largest absolute Gasteiger partial charge is 0.299 e. The zero-order valence-electron chi connectivity index (χ0n) is 14.0. The number of likely N-dealkylation sites (tertiary alicyclic amines) is 1. The van der Waals surface area contributed by atoms with Gasteiger partial charge >= 0.3 is 0 Å². The van der Waals surface area contributed by atoms with Gasteiger partial charge in [-0.1, -0.05) is 24.4 Å². The van der Waals surface area contributed by atoms with Gasteiger partial charge in [0.1, 0.15) is 5.78 Å². The van der Waals surface area contributed by atoms with E-state index in [0.717, 1.165) is 25.7 Å². The SMILES string of the molecule is O=C1CCN(C2CC(=O)N(c3ccc(Cl)cc3)C2=O)[C@@H]2CCCC[C@@H]12. The molecule has 25 heavy (non-hydrogen) atoms. The number of amides is 2. The summed E-state index contributed by atoms with van der Waals surface area (Å²) < 4.78 is 0. The number of fused-ring (bicyclic) bond motifs is 1. The number of nitrogens with zero attached hydrogens (tertiary/aromatic N) is 2. The van der Waals surface area contributed by atoms with Gasteiger partial charge in [0.05, 0.1) is 18.2 Å². The Bertz CT molecular complexity index is 718. The summed E-state index contributed by atoms with van der Waals surface area (Å²) in [5, 5.41) is 0.569. The second-order valence-electron chi connectivity index (χ2n) is 7.18. The Labute approximate surface area is 151 Å². The van der Waals surface area contributed by atoms with Crippen LogP contribution in [0.25, 0.3) is 0 Å². The molecule has 0 radical (unpaired) electrons. The molecule has 2 amide bonds. The number of hydrogen-bond acceptors (Lipinski definition) is 4. The van der Waals surface area contributed by atoms with Gasteiger partial charge in [0.15, 0.2) is 0 Å². The first kappa shape index (κ1) is 16.7. The zero-order valence-corrected chi connectivity index (χ0v) is 14.7. The molecule has 0 spiro atoms. The number of imide groups is 1. The number of anilines is 1. The highest BCUT2D eigenvalue weighted by Gasteiger charge is 2.48. The first-order valence-corrected chi connectivity index (χ1v) is 9.35. The van der Waals surface area contributed by atoms with Gasteiger partial charge in [-0.15, -0.1) is 0 Å². The van der Waals surface area contributed by atoms with Crippen LogP contribution in [-0.2, 0) is 14.4 Å². The first-order valence-electron chi connectivity index (χ1n) is 8.97. The van der Waals surface area contributed by atoms with Crippen molar-refractivity contribution in [2.24, 2.45) is 5.92 Å². The molecule has 132 valence electrons.